The highest BCUT2D eigenvalue weighted by Gasteiger charge is 2.11. The van der Waals surface area contributed by atoms with E-state index >= 15 is 0 Å². The molecule has 0 aliphatic carbocycles. The number of ether oxygens (including phenoxy) is 3. The Balaban J connectivity index is 1.55. The molecule has 3 aromatic carbocycles. The van der Waals surface area contributed by atoms with Crippen LogP contribution in [-0.2, 0) is 13.2 Å². The summed E-state index contributed by atoms with van der Waals surface area (Å²) in [5, 5.41) is 0.697. The van der Waals surface area contributed by atoms with E-state index in [0.29, 0.717) is 34.8 Å². The molecule has 7 heteroatoms. The minimum atomic E-state index is 0.128. The van der Waals surface area contributed by atoms with E-state index in [4.69, 9.17) is 60.6 Å². The summed E-state index contributed by atoms with van der Waals surface area (Å²) in [6.07, 6.45) is 1.52. The molecule has 0 fully saturated rings. The van der Waals surface area contributed by atoms with Gasteiger partial charge in [0.15, 0.2) is 5.75 Å². The quantitative estimate of drug-likeness (QED) is 0.310. The van der Waals surface area contributed by atoms with E-state index in [-0.39, 0.29) is 11.1 Å². The van der Waals surface area contributed by atoms with Crippen LogP contribution in [0.25, 0.3) is 0 Å². The smallest absolute Gasteiger partial charge is 0.157 e. The zero-order valence-electron chi connectivity index (χ0n) is 15.8. The fourth-order valence-electron chi connectivity index (χ4n) is 2.54. The maximum absolute atomic E-state index is 6.29. The number of halogens is 4. The molecule has 0 radical (unpaired) electrons. The van der Waals surface area contributed by atoms with E-state index in [1.807, 2.05) is 54.6 Å². The SMILES string of the molecule is ClC(Cl)=CCOc1cc(Cl)c(OCc2ccc(OCc3ccccc3)cc2)c(Cl)c1. The molecule has 30 heavy (non-hydrogen) atoms. The number of rotatable bonds is 9. The van der Waals surface area contributed by atoms with Gasteiger partial charge >= 0.3 is 0 Å². The van der Waals surface area contributed by atoms with Crippen molar-refractivity contribution in [3.8, 4) is 17.2 Å². The van der Waals surface area contributed by atoms with Gasteiger partial charge in [-0.2, -0.15) is 0 Å². The minimum absolute atomic E-state index is 0.128. The molecule has 3 nitrogen and oxygen atoms in total. The van der Waals surface area contributed by atoms with E-state index in [1.54, 1.807) is 12.1 Å². The van der Waals surface area contributed by atoms with E-state index in [9.17, 15) is 0 Å². The molecule has 0 saturated carbocycles. The van der Waals surface area contributed by atoms with Gasteiger partial charge in [-0.05, 0) is 29.3 Å². The fourth-order valence-corrected chi connectivity index (χ4v) is 3.24. The highest BCUT2D eigenvalue weighted by molar-refractivity contribution is 6.55. The molecule has 0 aromatic heterocycles. The molecule has 0 N–H and O–H groups in total. The van der Waals surface area contributed by atoms with Crippen LogP contribution in [0.15, 0.2) is 77.3 Å². The van der Waals surface area contributed by atoms with Gasteiger partial charge in [0, 0.05) is 12.1 Å². The van der Waals surface area contributed by atoms with Gasteiger partial charge in [-0.1, -0.05) is 88.9 Å². The second kappa shape index (κ2) is 11.4. The normalized spacial score (nSPS) is 10.4. The molecule has 0 bridgehead atoms. The third kappa shape index (κ3) is 7.03. The van der Waals surface area contributed by atoms with Gasteiger partial charge < -0.3 is 14.2 Å². The largest absolute Gasteiger partial charge is 0.489 e. The Morgan fingerprint density at radius 2 is 1.30 bits per heavy atom. The van der Waals surface area contributed by atoms with Crippen molar-refractivity contribution in [3.63, 3.8) is 0 Å². The first-order valence-corrected chi connectivity index (χ1v) is 10.5. The van der Waals surface area contributed by atoms with E-state index < -0.39 is 0 Å². The van der Waals surface area contributed by atoms with Crippen molar-refractivity contribution < 1.29 is 14.2 Å². The van der Waals surface area contributed by atoms with Crippen LogP contribution in [0.5, 0.6) is 17.2 Å². The lowest BCUT2D eigenvalue weighted by molar-refractivity contribution is 0.300. The molecule has 0 atom stereocenters. The highest BCUT2D eigenvalue weighted by atomic mass is 35.5. The Hall–Kier alpha value is -2.04. The molecule has 0 aliphatic rings. The highest BCUT2D eigenvalue weighted by Crippen LogP contribution is 2.37. The van der Waals surface area contributed by atoms with Crippen molar-refractivity contribution >= 4 is 46.4 Å². The molecule has 0 heterocycles. The predicted molar refractivity (Wildman–Crippen MR) is 123 cm³/mol. The Bertz CT molecular complexity index is 962. The number of benzene rings is 3. The van der Waals surface area contributed by atoms with E-state index in [2.05, 4.69) is 0 Å². The monoisotopic (exact) mass is 482 g/mol. The molecule has 0 unspecified atom stereocenters. The summed E-state index contributed by atoms with van der Waals surface area (Å²) in [5.41, 5.74) is 2.07. The van der Waals surface area contributed by atoms with Crippen LogP contribution in [-0.4, -0.2) is 6.61 Å². The summed E-state index contributed by atoms with van der Waals surface area (Å²) in [6, 6.07) is 20.9. The van der Waals surface area contributed by atoms with Gasteiger partial charge in [0.05, 0.1) is 10.0 Å². The predicted octanol–water partition coefficient (Wildman–Crippen LogP) is 7.85. The lowest BCUT2D eigenvalue weighted by Gasteiger charge is -2.13. The molecule has 0 saturated heterocycles. The molecule has 3 aromatic rings. The second-order valence-corrected chi connectivity index (χ2v) is 8.05. The first-order valence-electron chi connectivity index (χ1n) is 9.03. The van der Waals surface area contributed by atoms with Gasteiger partial charge in [0.1, 0.15) is 35.8 Å². The van der Waals surface area contributed by atoms with Crippen molar-refractivity contribution in [2.75, 3.05) is 6.61 Å². The maximum atomic E-state index is 6.29. The third-order valence-corrected chi connectivity index (χ3v) is 4.88. The van der Waals surface area contributed by atoms with E-state index in [0.717, 1.165) is 16.9 Å². The number of hydrogen-bond acceptors (Lipinski definition) is 3. The molecular formula is C23H18Cl4O3. The topological polar surface area (TPSA) is 27.7 Å². The van der Waals surface area contributed by atoms with E-state index in [1.165, 1.54) is 6.08 Å². The number of hydrogen-bond donors (Lipinski definition) is 0. The van der Waals surface area contributed by atoms with Gasteiger partial charge in [-0.3, -0.25) is 0 Å². The van der Waals surface area contributed by atoms with Crippen molar-refractivity contribution in [2.45, 2.75) is 13.2 Å². The van der Waals surface area contributed by atoms with Crippen molar-refractivity contribution in [1.29, 1.82) is 0 Å². The van der Waals surface area contributed by atoms with Crippen LogP contribution in [0.3, 0.4) is 0 Å². The third-order valence-electron chi connectivity index (χ3n) is 4.01. The first kappa shape index (κ1) is 22.6. The Morgan fingerprint density at radius 3 is 1.93 bits per heavy atom. The van der Waals surface area contributed by atoms with Crippen molar-refractivity contribution in [1.82, 2.24) is 0 Å². The average Bonchev–Trinajstić information content (AvgIpc) is 2.73. The zero-order chi connectivity index (χ0) is 21.3. The van der Waals surface area contributed by atoms with Crippen molar-refractivity contribution in [2.24, 2.45) is 0 Å². The Morgan fingerprint density at radius 1 is 0.700 bits per heavy atom. The summed E-state index contributed by atoms with van der Waals surface area (Å²) >= 11 is 23.7. The summed E-state index contributed by atoms with van der Waals surface area (Å²) < 4.78 is 17.2. The summed E-state index contributed by atoms with van der Waals surface area (Å²) in [6.45, 7) is 1.03. The van der Waals surface area contributed by atoms with Crippen molar-refractivity contribution in [3.05, 3.63) is 98.5 Å². The maximum Gasteiger partial charge on any atom is 0.157 e. The molecule has 3 rings (SSSR count). The first-order chi connectivity index (χ1) is 14.5. The van der Waals surface area contributed by atoms with Crippen LogP contribution >= 0.6 is 46.4 Å². The zero-order valence-corrected chi connectivity index (χ0v) is 18.8. The molecule has 156 valence electrons. The van der Waals surface area contributed by atoms with Crippen LogP contribution in [0.2, 0.25) is 10.0 Å². The molecule has 0 aliphatic heterocycles. The fraction of sp³-hybridized carbons (Fsp3) is 0.130. The van der Waals surface area contributed by atoms with Crippen LogP contribution in [0.1, 0.15) is 11.1 Å². The van der Waals surface area contributed by atoms with Crippen LogP contribution in [0, 0.1) is 0 Å². The summed E-state index contributed by atoms with van der Waals surface area (Å²) in [4.78, 5) is 0. The Kier molecular flexibility index (Phi) is 8.59. The second-order valence-electron chi connectivity index (χ2n) is 6.23. The lowest BCUT2D eigenvalue weighted by Crippen LogP contribution is -1.99. The van der Waals surface area contributed by atoms with Crippen LogP contribution < -0.4 is 14.2 Å². The van der Waals surface area contributed by atoms with Crippen LogP contribution in [0.4, 0.5) is 0 Å². The minimum Gasteiger partial charge on any atom is -0.489 e. The molecular weight excluding hydrogens is 466 g/mol. The molecule has 0 spiro atoms. The molecule has 0 amide bonds. The van der Waals surface area contributed by atoms with Gasteiger partial charge in [0.2, 0.25) is 0 Å². The van der Waals surface area contributed by atoms with Gasteiger partial charge in [-0.25, -0.2) is 0 Å². The summed E-state index contributed by atoms with van der Waals surface area (Å²) in [5.74, 6) is 1.66. The van der Waals surface area contributed by atoms with Gasteiger partial charge in [0.25, 0.3) is 0 Å². The average molecular weight is 484 g/mol. The Labute approximate surface area is 195 Å². The lowest BCUT2D eigenvalue weighted by atomic mass is 10.2. The van der Waals surface area contributed by atoms with Gasteiger partial charge in [-0.15, -0.1) is 0 Å². The standard InChI is InChI=1S/C23H18Cl4O3/c24-20-12-19(28-11-10-22(26)27)13-21(25)23(20)30-15-17-6-8-18(9-7-17)29-14-16-4-2-1-3-5-16/h1-10,12-13H,11,14-15H2. The summed E-state index contributed by atoms with van der Waals surface area (Å²) in [7, 11) is 0.